The van der Waals surface area contributed by atoms with Crippen molar-refractivity contribution in [3.63, 3.8) is 0 Å². The van der Waals surface area contributed by atoms with Gasteiger partial charge in [0.1, 0.15) is 0 Å². The fourth-order valence-electron chi connectivity index (χ4n) is 3.68. The number of guanidine groups is 1. The molecule has 0 aliphatic carbocycles. The summed E-state index contributed by atoms with van der Waals surface area (Å²) in [6, 6.07) is 10.3. The Hall–Kier alpha value is -2.83. The van der Waals surface area contributed by atoms with E-state index < -0.39 is 0 Å². The number of carbonyl (C=O) groups excluding carboxylic acids is 1. The minimum absolute atomic E-state index is 0.0677. The number of rotatable bonds is 7. The molecule has 0 saturated carbocycles. The smallest absolute Gasteiger partial charge is 0.242 e. The molecule has 0 unspecified atom stereocenters. The Morgan fingerprint density at radius 3 is 2.72 bits per heavy atom. The number of aliphatic imine (C=N–C) groups is 1. The Morgan fingerprint density at radius 1 is 1.24 bits per heavy atom. The van der Waals surface area contributed by atoms with Crippen LogP contribution in [0, 0.1) is 0 Å². The molecule has 0 radical (unpaired) electrons. The molecule has 7 heteroatoms. The third kappa shape index (κ3) is 5.37. The van der Waals surface area contributed by atoms with E-state index in [4.69, 9.17) is 4.52 Å². The van der Waals surface area contributed by atoms with Crippen LogP contribution in [0.2, 0.25) is 0 Å². The molecule has 0 spiro atoms. The first kappa shape index (κ1) is 20.9. The number of aromatic nitrogens is 1. The Kier molecular flexibility index (Phi) is 7.27. The quantitative estimate of drug-likeness (QED) is 0.555. The van der Waals surface area contributed by atoms with Gasteiger partial charge in [0.15, 0.2) is 11.7 Å². The lowest BCUT2D eigenvalue weighted by atomic mass is 9.99. The van der Waals surface area contributed by atoms with Gasteiger partial charge in [0.25, 0.3) is 0 Å². The Balaban J connectivity index is 1.46. The summed E-state index contributed by atoms with van der Waals surface area (Å²) in [5.74, 6) is 1.82. The van der Waals surface area contributed by atoms with Gasteiger partial charge in [-0.15, -0.1) is 0 Å². The van der Waals surface area contributed by atoms with Crippen molar-refractivity contribution in [1.82, 2.24) is 20.7 Å². The van der Waals surface area contributed by atoms with Crippen molar-refractivity contribution in [1.29, 1.82) is 0 Å². The third-order valence-electron chi connectivity index (χ3n) is 5.53. The average Bonchev–Trinajstić information content (AvgIpc) is 3.23. The predicted octanol–water partition coefficient (Wildman–Crippen LogP) is 2.83. The van der Waals surface area contributed by atoms with Crippen molar-refractivity contribution < 1.29 is 9.32 Å². The SMILES string of the molecule is CCC(CC)c1cc(CNC(=NC)NCC(=O)N2CCc3ccccc3C2)on1. The van der Waals surface area contributed by atoms with Crippen LogP contribution < -0.4 is 10.6 Å². The van der Waals surface area contributed by atoms with E-state index in [0.717, 1.165) is 37.3 Å². The molecule has 2 heterocycles. The van der Waals surface area contributed by atoms with Crippen LogP contribution in [0.1, 0.15) is 55.2 Å². The predicted molar refractivity (Wildman–Crippen MR) is 114 cm³/mol. The molecule has 0 bridgehead atoms. The van der Waals surface area contributed by atoms with Crippen LogP contribution >= 0.6 is 0 Å². The summed E-state index contributed by atoms with van der Waals surface area (Å²) in [6.45, 7) is 6.41. The summed E-state index contributed by atoms with van der Waals surface area (Å²) in [6.07, 6.45) is 2.99. The van der Waals surface area contributed by atoms with Crippen molar-refractivity contribution in [2.24, 2.45) is 4.99 Å². The zero-order valence-corrected chi connectivity index (χ0v) is 17.6. The zero-order valence-electron chi connectivity index (χ0n) is 17.6. The molecule has 1 amide bonds. The third-order valence-corrected chi connectivity index (χ3v) is 5.53. The van der Waals surface area contributed by atoms with Crippen molar-refractivity contribution in [2.75, 3.05) is 20.1 Å². The fraction of sp³-hybridized carbons (Fsp3) is 0.500. The largest absolute Gasteiger partial charge is 0.359 e. The lowest BCUT2D eigenvalue weighted by Crippen LogP contribution is -2.45. The van der Waals surface area contributed by atoms with E-state index in [1.54, 1.807) is 7.05 Å². The Labute approximate surface area is 172 Å². The number of hydrogen-bond donors (Lipinski definition) is 2. The highest BCUT2D eigenvalue weighted by molar-refractivity contribution is 5.86. The van der Waals surface area contributed by atoms with Gasteiger partial charge < -0.3 is 20.1 Å². The molecular formula is C22H31N5O2. The van der Waals surface area contributed by atoms with Gasteiger partial charge in [-0.1, -0.05) is 43.3 Å². The van der Waals surface area contributed by atoms with Gasteiger partial charge >= 0.3 is 0 Å². The van der Waals surface area contributed by atoms with E-state index in [0.29, 0.717) is 25.0 Å². The highest BCUT2D eigenvalue weighted by atomic mass is 16.5. The lowest BCUT2D eigenvalue weighted by Gasteiger charge is -2.29. The molecular weight excluding hydrogens is 366 g/mol. The van der Waals surface area contributed by atoms with Crippen LogP contribution in [0.25, 0.3) is 0 Å². The number of carbonyl (C=O) groups is 1. The van der Waals surface area contributed by atoms with E-state index in [1.807, 2.05) is 17.0 Å². The summed E-state index contributed by atoms with van der Waals surface area (Å²) in [5, 5.41) is 10.5. The minimum Gasteiger partial charge on any atom is -0.359 e. The van der Waals surface area contributed by atoms with E-state index in [1.165, 1.54) is 11.1 Å². The van der Waals surface area contributed by atoms with Gasteiger partial charge in [-0.25, -0.2) is 0 Å². The van der Waals surface area contributed by atoms with Gasteiger partial charge in [-0.2, -0.15) is 0 Å². The van der Waals surface area contributed by atoms with Crippen LogP contribution in [-0.4, -0.2) is 42.1 Å². The standard InChI is InChI=1S/C22H31N5O2/c1-4-16(5-2)20-12-19(29-26-20)13-24-22(23-3)25-14-21(28)27-11-10-17-8-6-7-9-18(17)15-27/h6-9,12,16H,4-5,10-11,13-15H2,1-3H3,(H2,23,24,25). The van der Waals surface area contributed by atoms with Gasteiger partial charge in [0.2, 0.25) is 5.91 Å². The molecule has 7 nitrogen and oxygen atoms in total. The highest BCUT2D eigenvalue weighted by Gasteiger charge is 2.20. The van der Waals surface area contributed by atoms with Gasteiger partial charge in [-0.05, 0) is 30.4 Å². The van der Waals surface area contributed by atoms with Crippen LogP contribution in [0.4, 0.5) is 0 Å². The second kappa shape index (κ2) is 10.1. The number of nitrogens with zero attached hydrogens (tertiary/aromatic N) is 3. The van der Waals surface area contributed by atoms with Crippen molar-refractivity contribution in [2.45, 2.75) is 52.1 Å². The van der Waals surface area contributed by atoms with Gasteiger partial charge in [-0.3, -0.25) is 9.79 Å². The molecule has 0 saturated heterocycles. The number of fused-ring (bicyclic) bond motifs is 1. The van der Waals surface area contributed by atoms with Crippen molar-refractivity contribution in [3.05, 3.63) is 52.9 Å². The summed E-state index contributed by atoms with van der Waals surface area (Å²) in [7, 11) is 1.69. The highest BCUT2D eigenvalue weighted by Crippen LogP contribution is 2.22. The molecule has 1 aliphatic heterocycles. The van der Waals surface area contributed by atoms with Gasteiger partial charge in [0, 0.05) is 32.1 Å². The summed E-state index contributed by atoms with van der Waals surface area (Å²) in [5.41, 5.74) is 3.56. The van der Waals surface area contributed by atoms with E-state index in [-0.39, 0.29) is 12.5 Å². The zero-order chi connectivity index (χ0) is 20.6. The van der Waals surface area contributed by atoms with Crippen LogP contribution in [-0.2, 0) is 24.3 Å². The number of nitrogens with one attached hydrogen (secondary N) is 2. The molecule has 2 N–H and O–H groups in total. The summed E-state index contributed by atoms with van der Waals surface area (Å²) >= 11 is 0. The molecule has 3 rings (SSSR count). The average molecular weight is 398 g/mol. The number of amides is 1. The maximum atomic E-state index is 12.6. The van der Waals surface area contributed by atoms with E-state index in [2.05, 4.69) is 52.8 Å². The Morgan fingerprint density at radius 2 is 2.00 bits per heavy atom. The molecule has 1 aromatic heterocycles. The second-order valence-electron chi connectivity index (χ2n) is 7.34. The summed E-state index contributed by atoms with van der Waals surface area (Å²) in [4.78, 5) is 18.7. The van der Waals surface area contributed by atoms with E-state index >= 15 is 0 Å². The number of benzene rings is 1. The van der Waals surface area contributed by atoms with E-state index in [9.17, 15) is 4.79 Å². The van der Waals surface area contributed by atoms with Crippen LogP contribution in [0.5, 0.6) is 0 Å². The topological polar surface area (TPSA) is 82.8 Å². The van der Waals surface area contributed by atoms with Crippen LogP contribution in [0.15, 0.2) is 39.8 Å². The number of hydrogen-bond acceptors (Lipinski definition) is 4. The maximum Gasteiger partial charge on any atom is 0.242 e. The van der Waals surface area contributed by atoms with Gasteiger partial charge in [0.05, 0.1) is 18.8 Å². The van der Waals surface area contributed by atoms with Crippen LogP contribution in [0.3, 0.4) is 0 Å². The molecule has 1 aromatic carbocycles. The second-order valence-corrected chi connectivity index (χ2v) is 7.34. The minimum atomic E-state index is 0.0677. The monoisotopic (exact) mass is 397 g/mol. The molecule has 1 aliphatic rings. The Bertz CT molecular complexity index is 841. The van der Waals surface area contributed by atoms with Crippen molar-refractivity contribution in [3.8, 4) is 0 Å². The molecule has 156 valence electrons. The fourth-order valence-corrected chi connectivity index (χ4v) is 3.68. The van der Waals surface area contributed by atoms with Crippen molar-refractivity contribution >= 4 is 11.9 Å². The summed E-state index contributed by atoms with van der Waals surface area (Å²) < 4.78 is 5.43. The molecule has 0 fully saturated rings. The molecule has 0 atom stereocenters. The lowest BCUT2D eigenvalue weighted by molar-refractivity contribution is -0.130. The molecule has 29 heavy (non-hydrogen) atoms. The first-order valence-electron chi connectivity index (χ1n) is 10.4. The first-order chi connectivity index (χ1) is 14.1. The normalized spacial score (nSPS) is 14.1. The first-order valence-corrected chi connectivity index (χ1v) is 10.4. The maximum absolute atomic E-state index is 12.6. The molecule has 2 aromatic rings.